The van der Waals surface area contributed by atoms with Crippen LogP contribution in [-0.4, -0.2) is 55.6 Å². The Morgan fingerprint density at radius 3 is 2.61 bits per heavy atom. The Morgan fingerprint density at radius 2 is 1.94 bits per heavy atom. The van der Waals surface area contributed by atoms with Gasteiger partial charge in [0.1, 0.15) is 5.60 Å². The highest BCUT2D eigenvalue weighted by molar-refractivity contribution is 6.17. The summed E-state index contributed by atoms with van der Waals surface area (Å²) in [4.78, 5) is 17.5. The van der Waals surface area contributed by atoms with E-state index in [0.717, 1.165) is 5.56 Å². The number of carbonyl (C=O) groups is 1. The van der Waals surface area contributed by atoms with Crippen LogP contribution in [0.3, 0.4) is 0 Å². The third kappa shape index (κ3) is 3.85. The minimum absolute atomic E-state index is 0.0255. The summed E-state index contributed by atoms with van der Waals surface area (Å²) in [6, 6.07) is 14.7. The van der Waals surface area contributed by atoms with Crippen LogP contribution >= 0.6 is 0 Å². The van der Waals surface area contributed by atoms with E-state index >= 15 is 0 Å². The molecular weight excluding hydrogens is 432 g/mol. The molecule has 0 aliphatic carbocycles. The molecule has 2 aromatic carbocycles. The molecule has 174 valence electrons. The van der Waals surface area contributed by atoms with Crippen LogP contribution in [0.25, 0.3) is 0 Å². The van der Waals surface area contributed by atoms with E-state index in [1.54, 1.807) is 32.9 Å². The topological polar surface area (TPSA) is 69.2 Å². The molecule has 1 fully saturated rings. The van der Waals surface area contributed by atoms with Crippen LogP contribution < -0.4 is 14.5 Å². The SMILES string of the molecule is CC(C)(C)OC(=O)NC1N=C(c2ccccc2)c2cccc3c2[N+]2(COC12)CC(F)(F)CO3. The fourth-order valence-electron chi connectivity index (χ4n) is 4.67. The van der Waals surface area contributed by atoms with Crippen LogP contribution in [0.1, 0.15) is 31.9 Å². The monoisotopic (exact) mass is 458 g/mol. The number of nitrogens with zero attached hydrogens (tertiary/aromatic N) is 2. The van der Waals surface area contributed by atoms with Crippen molar-refractivity contribution < 1.29 is 27.8 Å². The van der Waals surface area contributed by atoms with Gasteiger partial charge in [-0.15, -0.1) is 0 Å². The Kier molecular flexibility index (Phi) is 4.95. The van der Waals surface area contributed by atoms with Crippen molar-refractivity contribution >= 4 is 17.5 Å². The first kappa shape index (κ1) is 21.8. The van der Waals surface area contributed by atoms with Crippen LogP contribution in [0.4, 0.5) is 19.3 Å². The second-order valence-corrected chi connectivity index (χ2v) is 9.61. The van der Waals surface area contributed by atoms with Gasteiger partial charge in [-0.1, -0.05) is 36.4 Å². The van der Waals surface area contributed by atoms with Crippen LogP contribution in [0.15, 0.2) is 53.5 Å². The number of carbonyl (C=O) groups excluding carboxylic acids is 1. The maximum Gasteiger partial charge on any atom is 0.409 e. The lowest BCUT2D eigenvalue weighted by molar-refractivity contribution is -0.240. The van der Waals surface area contributed by atoms with Crippen molar-refractivity contribution in [3.63, 3.8) is 0 Å². The Hall–Kier alpha value is -3.04. The van der Waals surface area contributed by atoms with Crippen molar-refractivity contribution in [1.29, 1.82) is 0 Å². The first-order valence-electron chi connectivity index (χ1n) is 10.8. The molecule has 3 atom stereocenters. The van der Waals surface area contributed by atoms with Crippen LogP contribution in [0.2, 0.25) is 0 Å². The quantitative estimate of drug-likeness (QED) is 0.690. The number of aliphatic imine (C=N–C) groups is 1. The van der Waals surface area contributed by atoms with Gasteiger partial charge < -0.3 is 9.47 Å². The molecule has 0 aromatic heterocycles. The molecule has 9 heteroatoms. The van der Waals surface area contributed by atoms with Crippen molar-refractivity contribution in [1.82, 2.24) is 9.80 Å². The van der Waals surface area contributed by atoms with E-state index in [0.29, 0.717) is 22.7 Å². The van der Waals surface area contributed by atoms with Gasteiger partial charge in [0.2, 0.25) is 12.4 Å². The Labute approximate surface area is 190 Å². The van der Waals surface area contributed by atoms with E-state index in [1.165, 1.54) is 0 Å². The fourth-order valence-corrected chi connectivity index (χ4v) is 4.67. The number of alkyl carbamates (subject to hydrolysis) is 1. The van der Waals surface area contributed by atoms with Gasteiger partial charge in [-0.25, -0.2) is 14.3 Å². The van der Waals surface area contributed by atoms with Crippen LogP contribution in [0, 0.1) is 0 Å². The van der Waals surface area contributed by atoms with Gasteiger partial charge in [0.15, 0.2) is 31.3 Å². The number of benzene rings is 2. The number of rotatable bonds is 2. The van der Waals surface area contributed by atoms with Crippen molar-refractivity contribution in [3.05, 3.63) is 59.7 Å². The normalized spacial score (nSPS) is 27.4. The predicted molar refractivity (Wildman–Crippen MR) is 119 cm³/mol. The molecule has 1 saturated heterocycles. The van der Waals surface area contributed by atoms with Gasteiger partial charge >= 0.3 is 12.0 Å². The maximum atomic E-state index is 14.9. The number of ether oxygens (including phenoxy) is 3. The molecule has 1 amide bonds. The lowest BCUT2D eigenvalue weighted by atomic mass is 9.98. The first-order chi connectivity index (χ1) is 15.6. The summed E-state index contributed by atoms with van der Waals surface area (Å²) in [7, 11) is 0. The number of alkyl halides is 2. The van der Waals surface area contributed by atoms with E-state index in [9.17, 15) is 13.6 Å². The third-order valence-electron chi connectivity index (χ3n) is 5.86. The largest absolute Gasteiger partial charge is 0.481 e. The molecule has 0 bridgehead atoms. The van der Waals surface area contributed by atoms with Crippen molar-refractivity contribution in [2.24, 2.45) is 4.99 Å². The number of nitrogens with one attached hydrogen (secondary N) is 1. The zero-order chi connectivity index (χ0) is 23.4. The molecule has 3 aliphatic heterocycles. The Bertz CT molecular complexity index is 1120. The molecule has 1 spiro atoms. The lowest BCUT2D eigenvalue weighted by Crippen LogP contribution is -2.76. The summed E-state index contributed by atoms with van der Waals surface area (Å²) in [5.41, 5.74) is 1.91. The number of quaternary nitrogens is 1. The summed E-state index contributed by atoms with van der Waals surface area (Å²) in [6.45, 7) is 4.03. The van der Waals surface area contributed by atoms with E-state index in [4.69, 9.17) is 19.2 Å². The van der Waals surface area contributed by atoms with E-state index in [2.05, 4.69) is 5.32 Å². The summed E-state index contributed by atoms with van der Waals surface area (Å²) < 4.78 is 46.4. The fraction of sp³-hybridized carbons (Fsp3) is 0.417. The Morgan fingerprint density at radius 1 is 1.18 bits per heavy atom. The molecule has 1 N–H and O–H groups in total. The predicted octanol–water partition coefficient (Wildman–Crippen LogP) is 4.04. The highest BCUT2D eigenvalue weighted by atomic mass is 19.3. The minimum Gasteiger partial charge on any atom is -0.481 e. The molecule has 7 nitrogen and oxygen atoms in total. The number of hydrogen-bond acceptors (Lipinski definition) is 5. The smallest absolute Gasteiger partial charge is 0.409 e. The molecule has 0 radical (unpaired) electrons. The number of hydrogen-bond donors (Lipinski definition) is 1. The van der Waals surface area contributed by atoms with E-state index in [1.807, 2.05) is 36.4 Å². The average Bonchev–Trinajstić information content (AvgIpc) is 2.89. The molecule has 3 aliphatic rings. The van der Waals surface area contributed by atoms with Gasteiger partial charge in [0.25, 0.3) is 0 Å². The zero-order valence-electron chi connectivity index (χ0n) is 18.7. The summed E-state index contributed by atoms with van der Waals surface area (Å²) >= 11 is 0. The van der Waals surface area contributed by atoms with Gasteiger partial charge in [-0.05, 0) is 32.9 Å². The van der Waals surface area contributed by atoms with Gasteiger partial charge in [0.05, 0.1) is 11.3 Å². The molecule has 0 saturated carbocycles. The van der Waals surface area contributed by atoms with Crippen LogP contribution in [-0.2, 0) is 9.47 Å². The zero-order valence-corrected chi connectivity index (χ0v) is 18.7. The highest BCUT2D eigenvalue weighted by Crippen LogP contribution is 2.50. The second kappa shape index (κ2) is 7.50. The number of halogens is 2. The van der Waals surface area contributed by atoms with Gasteiger partial charge in [-0.2, -0.15) is 8.78 Å². The van der Waals surface area contributed by atoms with E-state index < -0.39 is 43.2 Å². The maximum absolute atomic E-state index is 14.9. The molecule has 3 heterocycles. The summed E-state index contributed by atoms with van der Waals surface area (Å²) in [5, 5.41) is 2.76. The number of amides is 1. The second-order valence-electron chi connectivity index (χ2n) is 9.61. The average molecular weight is 458 g/mol. The molecule has 5 rings (SSSR count). The molecular formula is C24H26F2N3O4+. The third-order valence-corrected chi connectivity index (χ3v) is 5.86. The summed E-state index contributed by atoms with van der Waals surface area (Å²) in [5.74, 6) is -2.72. The number of para-hydroxylation sites is 1. The minimum atomic E-state index is -3.09. The van der Waals surface area contributed by atoms with Crippen molar-refractivity contribution in [3.8, 4) is 5.75 Å². The first-order valence-corrected chi connectivity index (χ1v) is 10.8. The van der Waals surface area contributed by atoms with Crippen molar-refractivity contribution in [2.45, 2.75) is 44.7 Å². The van der Waals surface area contributed by atoms with Gasteiger partial charge in [0, 0.05) is 5.56 Å². The standard InChI is InChI=1S/C24H25F2N3O4/c1-23(2,3)33-22(30)28-20-21-29(14-32-21)12-24(25,26)13-31-17-11-7-10-16(19(17)29)18(27-20)15-8-5-4-6-9-15/h4-11,20-21H,12-14H2,1-3H3/p+1. The lowest BCUT2D eigenvalue weighted by Gasteiger charge is -2.51. The Balaban J connectivity index is 1.68. The van der Waals surface area contributed by atoms with Crippen LogP contribution in [0.5, 0.6) is 5.75 Å². The van der Waals surface area contributed by atoms with E-state index in [-0.39, 0.29) is 11.2 Å². The summed E-state index contributed by atoms with van der Waals surface area (Å²) in [6.07, 6.45) is -2.49. The highest BCUT2D eigenvalue weighted by Gasteiger charge is 2.63. The van der Waals surface area contributed by atoms with Crippen molar-refractivity contribution in [2.75, 3.05) is 19.9 Å². The molecule has 2 aromatic rings. The molecule has 3 unspecified atom stereocenters. The van der Waals surface area contributed by atoms with Gasteiger partial charge in [-0.3, -0.25) is 10.1 Å². The molecule has 33 heavy (non-hydrogen) atoms.